The number of halogens is 1. The van der Waals surface area contributed by atoms with Crippen LogP contribution in [0.2, 0.25) is 0 Å². The van der Waals surface area contributed by atoms with Crippen LogP contribution in [0, 0.1) is 0 Å². The Balaban J connectivity index is 0.00000112. The van der Waals surface area contributed by atoms with Crippen LogP contribution in [0.4, 0.5) is 0 Å². The summed E-state index contributed by atoms with van der Waals surface area (Å²) in [6.45, 7) is 2.93. The normalized spacial score (nSPS) is 39.1. The maximum absolute atomic E-state index is 11.9. The second-order valence-electron chi connectivity index (χ2n) is 4.70. The van der Waals surface area contributed by atoms with Gasteiger partial charge < -0.3 is 16.4 Å². The molecular formula is C10H20ClN3O. The van der Waals surface area contributed by atoms with Crippen molar-refractivity contribution in [3.05, 3.63) is 0 Å². The van der Waals surface area contributed by atoms with Crippen molar-refractivity contribution >= 4 is 18.3 Å². The van der Waals surface area contributed by atoms with Gasteiger partial charge in [-0.1, -0.05) is 0 Å². The van der Waals surface area contributed by atoms with E-state index in [0.717, 1.165) is 25.8 Å². The first-order valence-corrected chi connectivity index (χ1v) is 5.43. The van der Waals surface area contributed by atoms with E-state index in [1.165, 1.54) is 6.42 Å². The lowest BCUT2D eigenvalue weighted by molar-refractivity contribution is -0.128. The molecule has 0 bridgehead atoms. The summed E-state index contributed by atoms with van der Waals surface area (Å²) in [5.74, 6) is 0.121. The van der Waals surface area contributed by atoms with Gasteiger partial charge >= 0.3 is 0 Å². The number of nitrogens with one attached hydrogen (secondary N) is 2. The summed E-state index contributed by atoms with van der Waals surface area (Å²) < 4.78 is 0. The smallest absolute Gasteiger partial charge is 0.240 e. The first-order chi connectivity index (χ1) is 6.62. The van der Waals surface area contributed by atoms with E-state index in [1.54, 1.807) is 0 Å². The highest BCUT2D eigenvalue weighted by Gasteiger charge is 2.40. The summed E-state index contributed by atoms with van der Waals surface area (Å²) in [6, 6.07) is 0.411. The van der Waals surface area contributed by atoms with E-state index in [0.29, 0.717) is 0 Å². The van der Waals surface area contributed by atoms with Crippen LogP contribution in [-0.2, 0) is 4.79 Å². The van der Waals surface area contributed by atoms with Crippen molar-refractivity contribution in [1.29, 1.82) is 0 Å². The Hall–Kier alpha value is -0.320. The molecular weight excluding hydrogens is 214 g/mol. The molecule has 1 aliphatic heterocycles. The van der Waals surface area contributed by atoms with Crippen LogP contribution in [0.3, 0.4) is 0 Å². The fourth-order valence-electron chi connectivity index (χ4n) is 1.96. The van der Waals surface area contributed by atoms with Crippen molar-refractivity contribution in [3.63, 3.8) is 0 Å². The Morgan fingerprint density at radius 2 is 2.20 bits per heavy atom. The summed E-state index contributed by atoms with van der Waals surface area (Å²) in [6.07, 6.45) is 4.17. The molecule has 0 radical (unpaired) electrons. The van der Waals surface area contributed by atoms with Gasteiger partial charge in [-0.05, 0) is 39.2 Å². The molecule has 3 atom stereocenters. The minimum Gasteiger partial charge on any atom is -0.350 e. The molecule has 0 aromatic carbocycles. The second-order valence-corrected chi connectivity index (χ2v) is 4.70. The number of hydrogen-bond donors (Lipinski definition) is 3. The molecule has 4 nitrogen and oxygen atoms in total. The van der Waals surface area contributed by atoms with Gasteiger partial charge in [-0.3, -0.25) is 4.79 Å². The van der Waals surface area contributed by atoms with Crippen LogP contribution in [-0.4, -0.2) is 30.1 Å². The SMILES string of the molecule is CC1(C(=O)NC2CC2N)CCCCN1.Cl. The lowest BCUT2D eigenvalue weighted by Gasteiger charge is -2.33. The Morgan fingerprint density at radius 3 is 2.67 bits per heavy atom. The summed E-state index contributed by atoms with van der Waals surface area (Å²) >= 11 is 0. The molecule has 4 N–H and O–H groups in total. The van der Waals surface area contributed by atoms with Gasteiger partial charge in [-0.15, -0.1) is 12.4 Å². The molecule has 2 rings (SSSR count). The highest BCUT2D eigenvalue weighted by atomic mass is 35.5. The highest BCUT2D eigenvalue weighted by Crippen LogP contribution is 2.22. The summed E-state index contributed by atoms with van der Waals surface area (Å²) in [5, 5.41) is 6.28. The highest BCUT2D eigenvalue weighted by molar-refractivity contribution is 5.86. The Labute approximate surface area is 96.8 Å². The van der Waals surface area contributed by atoms with Crippen molar-refractivity contribution in [3.8, 4) is 0 Å². The van der Waals surface area contributed by atoms with Gasteiger partial charge in [-0.25, -0.2) is 0 Å². The van der Waals surface area contributed by atoms with Crippen molar-refractivity contribution in [2.45, 2.75) is 50.2 Å². The fraction of sp³-hybridized carbons (Fsp3) is 0.900. The maximum Gasteiger partial charge on any atom is 0.240 e. The molecule has 3 unspecified atom stereocenters. The average Bonchev–Trinajstić information content (AvgIpc) is 2.83. The molecule has 15 heavy (non-hydrogen) atoms. The van der Waals surface area contributed by atoms with Crippen molar-refractivity contribution in [1.82, 2.24) is 10.6 Å². The predicted molar refractivity (Wildman–Crippen MR) is 62.0 cm³/mol. The third-order valence-corrected chi connectivity index (χ3v) is 3.28. The second kappa shape index (κ2) is 4.68. The summed E-state index contributed by atoms with van der Waals surface area (Å²) in [7, 11) is 0. The van der Waals surface area contributed by atoms with Crippen molar-refractivity contribution in [2.24, 2.45) is 5.73 Å². The van der Waals surface area contributed by atoms with E-state index in [1.807, 2.05) is 6.92 Å². The summed E-state index contributed by atoms with van der Waals surface area (Å²) in [4.78, 5) is 11.9. The molecule has 2 fully saturated rings. The maximum atomic E-state index is 11.9. The summed E-state index contributed by atoms with van der Waals surface area (Å²) in [5.41, 5.74) is 5.29. The number of piperidine rings is 1. The first kappa shape index (κ1) is 12.7. The topological polar surface area (TPSA) is 67.2 Å². The van der Waals surface area contributed by atoms with E-state index in [9.17, 15) is 4.79 Å². The van der Waals surface area contributed by atoms with Gasteiger partial charge in [0, 0.05) is 12.1 Å². The molecule has 0 aromatic rings. The standard InChI is InChI=1S/C10H19N3O.ClH/c1-10(4-2-3-5-12-10)9(14)13-8-6-7(8)11;/h7-8,12H,2-6,11H2,1H3,(H,13,14);1H. The zero-order chi connectivity index (χ0) is 10.2. The monoisotopic (exact) mass is 233 g/mol. The van der Waals surface area contributed by atoms with Gasteiger partial charge in [-0.2, -0.15) is 0 Å². The quantitative estimate of drug-likeness (QED) is 0.637. The van der Waals surface area contributed by atoms with Crippen LogP contribution < -0.4 is 16.4 Å². The van der Waals surface area contributed by atoms with Gasteiger partial charge in [0.05, 0.1) is 5.54 Å². The molecule has 0 spiro atoms. The van der Waals surface area contributed by atoms with Crippen molar-refractivity contribution < 1.29 is 4.79 Å². The van der Waals surface area contributed by atoms with Crippen molar-refractivity contribution in [2.75, 3.05) is 6.54 Å². The predicted octanol–water partition coefficient (Wildman–Crippen LogP) is 0.156. The van der Waals surface area contributed by atoms with Crippen LogP contribution in [0.1, 0.15) is 32.6 Å². The molecule has 1 aliphatic carbocycles. The Kier molecular flexibility index (Phi) is 3.98. The molecule has 0 aromatic heterocycles. The Morgan fingerprint density at radius 1 is 1.53 bits per heavy atom. The van der Waals surface area contributed by atoms with E-state index in [-0.39, 0.29) is 35.9 Å². The number of rotatable bonds is 2. The molecule has 1 saturated carbocycles. The van der Waals surface area contributed by atoms with Crippen LogP contribution in [0.5, 0.6) is 0 Å². The zero-order valence-electron chi connectivity index (χ0n) is 9.08. The van der Waals surface area contributed by atoms with Crippen LogP contribution in [0.25, 0.3) is 0 Å². The van der Waals surface area contributed by atoms with E-state index in [2.05, 4.69) is 10.6 Å². The lowest BCUT2D eigenvalue weighted by Crippen LogP contribution is -2.57. The Bertz CT molecular complexity index is 241. The number of carbonyl (C=O) groups excluding carboxylic acids is 1. The minimum absolute atomic E-state index is 0. The number of hydrogen-bond acceptors (Lipinski definition) is 3. The van der Waals surface area contributed by atoms with Gasteiger partial charge in [0.1, 0.15) is 0 Å². The van der Waals surface area contributed by atoms with Crippen LogP contribution >= 0.6 is 12.4 Å². The average molecular weight is 234 g/mol. The van der Waals surface area contributed by atoms with Gasteiger partial charge in [0.2, 0.25) is 5.91 Å². The number of nitrogens with two attached hydrogens (primary N) is 1. The van der Waals surface area contributed by atoms with E-state index in [4.69, 9.17) is 5.73 Å². The third kappa shape index (κ3) is 2.83. The lowest BCUT2D eigenvalue weighted by atomic mass is 9.90. The van der Waals surface area contributed by atoms with E-state index < -0.39 is 0 Å². The van der Waals surface area contributed by atoms with E-state index >= 15 is 0 Å². The molecule has 1 amide bonds. The largest absolute Gasteiger partial charge is 0.350 e. The number of carbonyl (C=O) groups is 1. The number of amides is 1. The molecule has 5 heteroatoms. The fourth-order valence-corrected chi connectivity index (χ4v) is 1.96. The molecule has 2 aliphatic rings. The van der Waals surface area contributed by atoms with Gasteiger partial charge in [0.15, 0.2) is 0 Å². The molecule has 1 saturated heterocycles. The third-order valence-electron chi connectivity index (χ3n) is 3.28. The first-order valence-electron chi connectivity index (χ1n) is 5.43. The van der Waals surface area contributed by atoms with Gasteiger partial charge in [0.25, 0.3) is 0 Å². The van der Waals surface area contributed by atoms with Crippen LogP contribution in [0.15, 0.2) is 0 Å². The minimum atomic E-state index is -0.361. The molecule has 88 valence electrons. The zero-order valence-corrected chi connectivity index (χ0v) is 9.90. The molecule has 1 heterocycles.